The standard InChI is InChI=1S/C19H17NO2/c1-12-10-14-11-20(19(22)13-6-3-2-4-7-13)16-9-5-8-15(17(14)16)18(12)21/h2-9,12,14H,10-11H2,1H3/t12?,14-/m0/s1. The van der Waals surface area contributed by atoms with Gasteiger partial charge < -0.3 is 4.90 Å². The molecule has 0 aromatic heterocycles. The molecule has 3 nitrogen and oxygen atoms in total. The maximum absolute atomic E-state index is 12.8. The van der Waals surface area contributed by atoms with Crippen LogP contribution in [-0.2, 0) is 0 Å². The summed E-state index contributed by atoms with van der Waals surface area (Å²) in [6.45, 7) is 2.66. The van der Waals surface area contributed by atoms with Crippen LogP contribution in [0.2, 0.25) is 0 Å². The predicted molar refractivity (Wildman–Crippen MR) is 85.4 cm³/mol. The zero-order valence-electron chi connectivity index (χ0n) is 12.5. The summed E-state index contributed by atoms with van der Waals surface area (Å²) in [6.07, 6.45) is 0.835. The summed E-state index contributed by atoms with van der Waals surface area (Å²) >= 11 is 0. The van der Waals surface area contributed by atoms with Crippen molar-refractivity contribution in [1.29, 1.82) is 0 Å². The minimum Gasteiger partial charge on any atom is -0.307 e. The number of hydrogen-bond acceptors (Lipinski definition) is 2. The monoisotopic (exact) mass is 291 g/mol. The highest BCUT2D eigenvalue weighted by Gasteiger charge is 2.40. The molecule has 1 amide bonds. The van der Waals surface area contributed by atoms with E-state index < -0.39 is 0 Å². The van der Waals surface area contributed by atoms with Crippen LogP contribution in [0, 0.1) is 5.92 Å². The number of rotatable bonds is 1. The van der Waals surface area contributed by atoms with Gasteiger partial charge in [0, 0.05) is 35.2 Å². The first-order valence-corrected chi connectivity index (χ1v) is 7.71. The molecular formula is C19H17NO2. The minimum absolute atomic E-state index is 0.0171. The van der Waals surface area contributed by atoms with E-state index in [0.717, 1.165) is 23.2 Å². The lowest BCUT2D eigenvalue weighted by Crippen LogP contribution is -2.30. The largest absolute Gasteiger partial charge is 0.307 e. The molecule has 4 rings (SSSR count). The van der Waals surface area contributed by atoms with Crippen LogP contribution >= 0.6 is 0 Å². The van der Waals surface area contributed by atoms with Crippen molar-refractivity contribution in [3.8, 4) is 0 Å². The average molecular weight is 291 g/mol. The molecule has 0 radical (unpaired) electrons. The van der Waals surface area contributed by atoms with Gasteiger partial charge in [-0.3, -0.25) is 9.59 Å². The second kappa shape index (κ2) is 4.80. The first-order chi connectivity index (χ1) is 10.7. The van der Waals surface area contributed by atoms with Crippen molar-refractivity contribution in [2.75, 3.05) is 11.4 Å². The molecule has 2 aromatic carbocycles. The van der Waals surface area contributed by atoms with Crippen LogP contribution in [0.3, 0.4) is 0 Å². The maximum atomic E-state index is 12.8. The predicted octanol–water partition coefficient (Wildman–Crippen LogP) is 3.65. The fourth-order valence-electron chi connectivity index (χ4n) is 3.76. The molecule has 0 fully saturated rings. The van der Waals surface area contributed by atoms with E-state index in [1.165, 1.54) is 0 Å². The molecule has 1 aliphatic heterocycles. The zero-order chi connectivity index (χ0) is 15.3. The van der Waals surface area contributed by atoms with Gasteiger partial charge in [-0.25, -0.2) is 0 Å². The third-order valence-electron chi connectivity index (χ3n) is 4.80. The Morgan fingerprint density at radius 1 is 1.09 bits per heavy atom. The number of anilines is 1. The van der Waals surface area contributed by atoms with Crippen molar-refractivity contribution >= 4 is 17.4 Å². The Morgan fingerprint density at radius 2 is 1.86 bits per heavy atom. The Hall–Kier alpha value is -2.42. The van der Waals surface area contributed by atoms with Crippen molar-refractivity contribution in [3.63, 3.8) is 0 Å². The fraction of sp³-hybridized carbons (Fsp3) is 0.263. The number of amides is 1. The number of hydrogen-bond donors (Lipinski definition) is 0. The molecule has 110 valence electrons. The number of benzene rings is 2. The highest BCUT2D eigenvalue weighted by Crippen LogP contribution is 2.46. The van der Waals surface area contributed by atoms with Crippen molar-refractivity contribution < 1.29 is 9.59 Å². The molecule has 2 aliphatic rings. The number of ketones is 1. The maximum Gasteiger partial charge on any atom is 0.258 e. The van der Waals surface area contributed by atoms with E-state index in [1.54, 1.807) is 0 Å². The van der Waals surface area contributed by atoms with E-state index >= 15 is 0 Å². The molecule has 22 heavy (non-hydrogen) atoms. The normalized spacial score (nSPS) is 22.6. The van der Waals surface area contributed by atoms with E-state index in [-0.39, 0.29) is 23.5 Å². The van der Waals surface area contributed by atoms with E-state index in [2.05, 4.69) is 0 Å². The molecule has 0 saturated carbocycles. The van der Waals surface area contributed by atoms with E-state index in [1.807, 2.05) is 60.4 Å². The Labute approximate surface area is 129 Å². The second-order valence-electron chi connectivity index (χ2n) is 6.22. The van der Waals surface area contributed by atoms with Gasteiger partial charge >= 0.3 is 0 Å². The molecule has 0 saturated heterocycles. The number of carbonyl (C=O) groups excluding carboxylic acids is 2. The van der Waals surface area contributed by atoms with Crippen LogP contribution in [0.1, 0.15) is 45.5 Å². The summed E-state index contributed by atoms with van der Waals surface area (Å²) in [6, 6.07) is 15.1. The van der Waals surface area contributed by atoms with E-state index in [9.17, 15) is 9.59 Å². The van der Waals surface area contributed by atoms with Gasteiger partial charge in [-0.05, 0) is 30.2 Å². The Bertz CT molecular complexity index is 766. The molecule has 2 atom stereocenters. The smallest absolute Gasteiger partial charge is 0.258 e. The summed E-state index contributed by atoms with van der Waals surface area (Å²) in [5.74, 6) is 0.553. The molecule has 1 aliphatic carbocycles. The number of nitrogens with zero attached hydrogens (tertiary/aromatic N) is 1. The fourth-order valence-corrected chi connectivity index (χ4v) is 3.76. The van der Waals surface area contributed by atoms with Gasteiger partial charge in [-0.1, -0.05) is 37.3 Å². The SMILES string of the molecule is CC1C[C@H]2CN(C(=O)c3ccccc3)c3cccc(c32)C1=O. The summed E-state index contributed by atoms with van der Waals surface area (Å²) in [4.78, 5) is 27.0. The van der Waals surface area contributed by atoms with Gasteiger partial charge in [0.1, 0.15) is 0 Å². The molecule has 2 aromatic rings. The van der Waals surface area contributed by atoms with Gasteiger partial charge in [0.25, 0.3) is 5.91 Å². The lowest BCUT2D eigenvalue weighted by Gasteiger charge is -2.24. The molecule has 0 bridgehead atoms. The van der Waals surface area contributed by atoms with Gasteiger partial charge in [-0.2, -0.15) is 0 Å². The second-order valence-corrected chi connectivity index (χ2v) is 6.22. The van der Waals surface area contributed by atoms with Crippen molar-refractivity contribution in [1.82, 2.24) is 0 Å². The molecule has 3 heteroatoms. The van der Waals surface area contributed by atoms with Crippen LogP contribution < -0.4 is 4.90 Å². The molecule has 1 heterocycles. The van der Waals surface area contributed by atoms with Crippen LogP contribution in [0.4, 0.5) is 5.69 Å². The Balaban J connectivity index is 1.79. The third-order valence-corrected chi connectivity index (χ3v) is 4.80. The number of carbonyl (C=O) groups is 2. The van der Waals surface area contributed by atoms with E-state index in [0.29, 0.717) is 12.1 Å². The topological polar surface area (TPSA) is 37.4 Å². The first kappa shape index (κ1) is 13.3. The van der Waals surface area contributed by atoms with Crippen LogP contribution in [0.5, 0.6) is 0 Å². The van der Waals surface area contributed by atoms with Gasteiger partial charge in [0.15, 0.2) is 5.78 Å². The summed E-state index contributed by atoms with van der Waals surface area (Å²) in [7, 11) is 0. The van der Waals surface area contributed by atoms with Gasteiger partial charge in [0.2, 0.25) is 0 Å². The highest BCUT2D eigenvalue weighted by molar-refractivity contribution is 6.10. The lowest BCUT2D eigenvalue weighted by atomic mass is 9.78. The molecule has 0 spiro atoms. The van der Waals surface area contributed by atoms with Gasteiger partial charge in [-0.15, -0.1) is 0 Å². The zero-order valence-corrected chi connectivity index (χ0v) is 12.5. The summed E-state index contributed by atoms with van der Waals surface area (Å²) in [5, 5.41) is 0. The Kier molecular flexibility index (Phi) is 2.89. The highest BCUT2D eigenvalue weighted by atomic mass is 16.2. The average Bonchev–Trinajstić information content (AvgIpc) is 2.92. The molecule has 1 unspecified atom stereocenters. The minimum atomic E-state index is 0.0171. The summed E-state index contributed by atoms with van der Waals surface area (Å²) < 4.78 is 0. The van der Waals surface area contributed by atoms with Crippen molar-refractivity contribution in [2.24, 2.45) is 5.92 Å². The molecular weight excluding hydrogens is 274 g/mol. The van der Waals surface area contributed by atoms with Crippen molar-refractivity contribution in [3.05, 3.63) is 65.2 Å². The lowest BCUT2D eigenvalue weighted by molar-refractivity contribution is 0.0907. The van der Waals surface area contributed by atoms with Gasteiger partial charge in [0.05, 0.1) is 0 Å². The van der Waals surface area contributed by atoms with Crippen molar-refractivity contribution in [2.45, 2.75) is 19.3 Å². The van der Waals surface area contributed by atoms with Crippen LogP contribution in [0.15, 0.2) is 48.5 Å². The van der Waals surface area contributed by atoms with Crippen LogP contribution in [-0.4, -0.2) is 18.2 Å². The third kappa shape index (κ3) is 1.82. The quantitative estimate of drug-likeness (QED) is 0.804. The summed E-state index contributed by atoms with van der Waals surface area (Å²) in [5.41, 5.74) is 3.49. The van der Waals surface area contributed by atoms with E-state index in [4.69, 9.17) is 0 Å². The molecule has 0 N–H and O–H groups in total. The Morgan fingerprint density at radius 3 is 2.64 bits per heavy atom. The van der Waals surface area contributed by atoms with Crippen LogP contribution in [0.25, 0.3) is 0 Å². The first-order valence-electron chi connectivity index (χ1n) is 7.71. The number of Topliss-reactive ketones (excluding diaryl/α,β-unsaturated/α-hetero) is 1.